The van der Waals surface area contributed by atoms with Gasteiger partial charge in [-0.05, 0) is 30.9 Å². The third-order valence-corrected chi connectivity index (χ3v) is 4.55. The summed E-state index contributed by atoms with van der Waals surface area (Å²) in [5, 5.41) is 12.6. The van der Waals surface area contributed by atoms with Crippen LogP contribution in [0.5, 0.6) is 0 Å². The molecule has 0 aromatic rings. The summed E-state index contributed by atoms with van der Waals surface area (Å²) in [5.74, 6) is 1.01. The van der Waals surface area contributed by atoms with E-state index >= 15 is 0 Å². The molecule has 1 aliphatic carbocycles. The standard InChI is InChI=1S/C10H17NO2S/c12-10(13)8-5-6-14-9(11-8)7-3-1-2-4-7/h7-9,11H,1-6H2,(H,12,13). The smallest absolute Gasteiger partial charge is 0.320 e. The maximum Gasteiger partial charge on any atom is 0.320 e. The van der Waals surface area contributed by atoms with Gasteiger partial charge in [0.1, 0.15) is 6.04 Å². The summed E-state index contributed by atoms with van der Waals surface area (Å²) in [4.78, 5) is 10.8. The van der Waals surface area contributed by atoms with Crippen LogP contribution in [0.25, 0.3) is 0 Å². The topological polar surface area (TPSA) is 49.3 Å². The third-order valence-electron chi connectivity index (χ3n) is 3.20. The Labute approximate surface area is 88.6 Å². The van der Waals surface area contributed by atoms with Crippen molar-refractivity contribution < 1.29 is 9.90 Å². The van der Waals surface area contributed by atoms with Crippen molar-refractivity contribution in [1.82, 2.24) is 5.32 Å². The van der Waals surface area contributed by atoms with E-state index in [1.165, 1.54) is 25.7 Å². The molecule has 0 spiro atoms. The Morgan fingerprint density at radius 1 is 1.29 bits per heavy atom. The van der Waals surface area contributed by atoms with Crippen molar-refractivity contribution in [3.05, 3.63) is 0 Å². The van der Waals surface area contributed by atoms with Crippen LogP contribution in [0.1, 0.15) is 32.1 Å². The van der Waals surface area contributed by atoms with Gasteiger partial charge in [0.05, 0.1) is 5.37 Å². The molecule has 0 aromatic heterocycles. The summed E-state index contributed by atoms with van der Waals surface area (Å²) >= 11 is 1.91. The van der Waals surface area contributed by atoms with Crippen molar-refractivity contribution in [1.29, 1.82) is 0 Å². The molecule has 2 rings (SSSR count). The van der Waals surface area contributed by atoms with E-state index < -0.39 is 5.97 Å². The van der Waals surface area contributed by atoms with Gasteiger partial charge < -0.3 is 5.11 Å². The molecule has 4 heteroatoms. The summed E-state index contributed by atoms with van der Waals surface area (Å²) in [6.45, 7) is 0. The van der Waals surface area contributed by atoms with E-state index in [2.05, 4.69) is 5.32 Å². The minimum atomic E-state index is -0.687. The first-order valence-electron chi connectivity index (χ1n) is 5.38. The lowest BCUT2D eigenvalue weighted by Gasteiger charge is -2.32. The molecule has 80 valence electrons. The van der Waals surface area contributed by atoms with E-state index in [-0.39, 0.29) is 6.04 Å². The number of thioether (sulfide) groups is 1. The number of carbonyl (C=O) groups is 1. The van der Waals surface area contributed by atoms with Gasteiger partial charge in [-0.3, -0.25) is 10.1 Å². The number of aliphatic carboxylic acids is 1. The molecule has 2 aliphatic rings. The fourth-order valence-electron chi connectivity index (χ4n) is 2.37. The Hall–Kier alpha value is -0.220. The summed E-state index contributed by atoms with van der Waals surface area (Å²) < 4.78 is 0. The molecule has 2 atom stereocenters. The summed E-state index contributed by atoms with van der Waals surface area (Å²) in [6, 6.07) is -0.304. The molecule has 3 nitrogen and oxygen atoms in total. The second-order valence-corrected chi connectivity index (χ2v) is 5.43. The van der Waals surface area contributed by atoms with Crippen LogP contribution in [-0.4, -0.2) is 28.2 Å². The van der Waals surface area contributed by atoms with Crippen LogP contribution in [0.3, 0.4) is 0 Å². The highest BCUT2D eigenvalue weighted by Crippen LogP contribution is 2.35. The van der Waals surface area contributed by atoms with Gasteiger partial charge in [-0.25, -0.2) is 0 Å². The van der Waals surface area contributed by atoms with Crippen LogP contribution in [0.15, 0.2) is 0 Å². The quantitative estimate of drug-likeness (QED) is 0.736. The minimum Gasteiger partial charge on any atom is -0.480 e. The third kappa shape index (κ3) is 2.23. The number of hydrogen-bond acceptors (Lipinski definition) is 3. The maximum absolute atomic E-state index is 10.8. The number of nitrogens with one attached hydrogen (secondary N) is 1. The largest absolute Gasteiger partial charge is 0.480 e. The van der Waals surface area contributed by atoms with E-state index in [0.717, 1.165) is 12.2 Å². The number of carboxylic acid groups (broad SMARTS) is 1. The molecule has 0 amide bonds. The highest BCUT2D eigenvalue weighted by molar-refractivity contribution is 7.99. The van der Waals surface area contributed by atoms with Gasteiger partial charge in [-0.15, -0.1) is 11.8 Å². The zero-order valence-electron chi connectivity index (χ0n) is 8.24. The predicted octanol–water partition coefficient (Wildman–Crippen LogP) is 1.68. The molecule has 2 unspecified atom stereocenters. The number of carboxylic acids is 1. The fraction of sp³-hybridized carbons (Fsp3) is 0.900. The van der Waals surface area contributed by atoms with Crippen LogP contribution in [0.4, 0.5) is 0 Å². The highest BCUT2D eigenvalue weighted by Gasteiger charge is 2.32. The first kappa shape index (κ1) is 10.3. The van der Waals surface area contributed by atoms with E-state index in [0.29, 0.717) is 11.3 Å². The van der Waals surface area contributed by atoms with Gasteiger partial charge in [-0.1, -0.05) is 12.8 Å². The molecule has 1 saturated carbocycles. The maximum atomic E-state index is 10.8. The van der Waals surface area contributed by atoms with E-state index in [4.69, 9.17) is 5.11 Å². The number of hydrogen-bond donors (Lipinski definition) is 2. The van der Waals surface area contributed by atoms with Crippen molar-refractivity contribution in [3.63, 3.8) is 0 Å². The lowest BCUT2D eigenvalue weighted by atomic mass is 10.1. The van der Waals surface area contributed by atoms with E-state index in [1.807, 2.05) is 11.8 Å². The lowest BCUT2D eigenvalue weighted by molar-refractivity contribution is -0.139. The number of rotatable bonds is 2. The van der Waals surface area contributed by atoms with Gasteiger partial charge >= 0.3 is 5.97 Å². The average molecular weight is 215 g/mol. The summed E-state index contributed by atoms with van der Waals surface area (Å²) in [7, 11) is 0. The highest BCUT2D eigenvalue weighted by atomic mass is 32.2. The van der Waals surface area contributed by atoms with E-state index in [9.17, 15) is 4.79 Å². The molecule has 0 aromatic carbocycles. The Morgan fingerprint density at radius 2 is 2.00 bits per heavy atom. The molecule has 0 bridgehead atoms. The van der Waals surface area contributed by atoms with Crippen LogP contribution >= 0.6 is 11.8 Å². The van der Waals surface area contributed by atoms with Crippen LogP contribution in [0, 0.1) is 5.92 Å². The molecule has 14 heavy (non-hydrogen) atoms. The molecule has 1 aliphatic heterocycles. The van der Waals surface area contributed by atoms with Gasteiger partial charge in [0, 0.05) is 0 Å². The second-order valence-electron chi connectivity index (χ2n) is 4.18. The zero-order valence-corrected chi connectivity index (χ0v) is 9.05. The minimum absolute atomic E-state index is 0.304. The molecule has 2 fully saturated rings. The average Bonchev–Trinajstić information content (AvgIpc) is 2.71. The van der Waals surface area contributed by atoms with Crippen molar-refractivity contribution in [2.75, 3.05) is 5.75 Å². The van der Waals surface area contributed by atoms with Gasteiger partial charge in [0.2, 0.25) is 0 Å². The molecule has 1 saturated heterocycles. The normalized spacial score (nSPS) is 34.6. The fourth-order valence-corrected chi connectivity index (χ4v) is 3.80. The Kier molecular flexibility index (Phi) is 3.34. The Balaban J connectivity index is 1.89. The predicted molar refractivity (Wildman–Crippen MR) is 57.4 cm³/mol. The van der Waals surface area contributed by atoms with Crippen molar-refractivity contribution in [3.8, 4) is 0 Å². The molecule has 2 N–H and O–H groups in total. The first-order valence-corrected chi connectivity index (χ1v) is 6.42. The van der Waals surface area contributed by atoms with Gasteiger partial charge in [0.15, 0.2) is 0 Å². The molecule has 1 heterocycles. The van der Waals surface area contributed by atoms with Crippen molar-refractivity contribution in [2.24, 2.45) is 5.92 Å². The summed E-state index contributed by atoms with van der Waals surface area (Å²) in [6.07, 6.45) is 5.96. The molecular formula is C10H17NO2S. The van der Waals surface area contributed by atoms with Crippen molar-refractivity contribution in [2.45, 2.75) is 43.5 Å². The van der Waals surface area contributed by atoms with Crippen LogP contribution in [-0.2, 0) is 4.79 Å². The molecule has 0 radical (unpaired) electrons. The summed E-state index contributed by atoms with van der Waals surface area (Å²) in [5.41, 5.74) is 0. The first-order chi connectivity index (χ1) is 6.77. The lowest BCUT2D eigenvalue weighted by Crippen LogP contribution is -2.48. The zero-order chi connectivity index (χ0) is 9.97. The van der Waals surface area contributed by atoms with Crippen LogP contribution < -0.4 is 5.32 Å². The van der Waals surface area contributed by atoms with Gasteiger partial charge in [-0.2, -0.15) is 0 Å². The Bertz CT molecular complexity index is 216. The SMILES string of the molecule is O=C(O)C1CCSC(C2CCCC2)N1. The van der Waals surface area contributed by atoms with E-state index in [1.54, 1.807) is 0 Å². The van der Waals surface area contributed by atoms with Crippen molar-refractivity contribution >= 4 is 17.7 Å². The molecular weight excluding hydrogens is 198 g/mol. The monoisotopic (exact) mass is 215 g/mol. The van der Waals surface area contributed by atoms with Crippen LogP contribution in [0.2, 0.25) is 0 Å². The Morgan fingerprint density at radius 3 is 2.64 bits per heavy atom. The van der Waals surface area contributed by atoms with Gasteiger partial charge in [0.25, 0.3) is 0 Å². The second kappa shape index (κ2) is 4.53.